The van der Waals surface area contributed by atoms with Gasteiger partial charge in [-0.3, -0.25) is 4.90 Å². The van der Waals surface area contributed by atoms with Gasteiger partial charge in [-0.1, -0.05) is 26.2 Å². The van der Waals surface area contributed by atoms with Crippen LogP contribution in [0.4, 0.5) is 0 Å². The van der Waals surface area contributed by atoms with E-state index in [9.17, 15) is 0 Å². The van der Waals surface area contributed by atoms with Gasteiger partial charge in [0.15, 0.2) is 0 Å². The molecule has 3 nitrogen and oxygen atoms in total. The lowest BCUT2D eigenvalue weighted by Crippen LogP contribution is -2.62. The number of rotatable bonds is 3. The summed E-state index contributed by atoms with van der Waals surface area (Å²) < 4.78 is 5.83. The number of ether oxygens (including phenoxy) is 1. The van der Waals surface area contributed by atoms with Crippen LogP contribution in [0.5, 0.6) is 0 Å². The summed E-state index contributed by atoms with van der Waals surface area (Å²) in [6, 6.07) is 2.10. The molecular formula is C17H32N2O. The van der Waals surface area contributed by atoms with Gasteiger partial charge in [0.05, 0.1) is 6.10 Å². The van der Waals surface area contributed by atoms with Gasteiger partial charge < -0.3 is 10.1 Å². The van der Waals surface area contributed by atoms with Gasteiger partial charge in [0, 0.05) is 37.8 Å². The van der Waals surface area contributed by atoms with E-state index in [0.29, 0.717) is 18.2 Å². The van der Waals surface area contributed by atoms with Crippen LogP contribution >= 0.6 is 0 Å². The van der Waals surface area contributed by atoms with E-state index in [1.54, 1.807) is 0 Å². The van der Waals surface area contributed by atoms with Crippen LogP contribution in [-0.2, 0) is 4.74 Å². The lowest BCUT2D eigenvalue weighted by molar-refractivity contribution is 0.0186. The number of nitrogens with zero attached hydrogens (tertiary/aromatic N) is 1. The summed E-state index contributed by atoms with van der Waals surface area (Å²) in [5.74, 6) is 0.918. The number of piperazine rings is 1. The smallest absolute Gasteiger partial charge is 0.0703 e. The predicted molar refractivity (Wildman–Crippen MR) is 83.0 cm³/mol. The minimum Gasteiger partial charge on any atom is -0.377 e. The average Bonchev–Trinajstić information content (AvgIpc) is 2.93. The van der Waals surface area contributed by atoms with E-state index < -0.39 is 0 Å². The maximum Gasteiger partial charge on any atom is 0.0703 e. The lowest BCUT2D eigenvalue weighted by Gasteiger charge is -2.47. The molecule has 1 N–H and O–H groups in total. The van der Waals surface area contributed by atoms with Gasteiger partial charge in [0.1, 0.15) is 0 Å². The summed E-state index contributed by atoms with van der Waals surface area (Å²) in [5.41, 5.74) is 0. The van der Waals surface area contributed by atoms with Crippen LogP contribution in [0.2, 0.25) is 0 Å². The molecule has 0 amide bonds. The van der Waals surface area contributed by atoms with Gasteiger partial charge in [-0.15, -0.1) is 0 Å². The molecule has 2 saturated heterocycles. The molecule has 0 bridgehead atoms. The molecule has 116 valence electrons. The molecular weight excluding hydrogens is 248 g/mol. The molecule has 4 atom stereocenters. The zero-order chi connectivity index (χ0) is 13.9. The van der Waals surface area contributed by atoms with Crippen molar-refractivity contribution in [3.63, 3.8) is 0 Å². The quantitative estimate of drug-likeness (QED) is 0.860. The Kier molecular flexibility index (Phi) is 5.00. The highest BCUT2D eigenvalue weighted by Gasteiger charge is 2.39. The minimum atomic E-state index is 0.425. The molecule has 0 aromatic heterocycles. The van der Waals surface area contributed by atoms with Crippen molar-refractivity contribution < 1.29 is 4.74 Å². The molecule has 2 aliphatic heterocycles. The Bertz CT molecular complexity index is 303. The zero-order valence-corrected chi connectivity index (χ0v) is 13.3. The van der Waals surface area contributed by atoms with Gasteiger partial charge in [0.2, 0.25) is 0 Å². The second kappa shape index (κ2) is 6.76. The van der Waals surface area contributed by atoms with Crippen molar-refractivity contribution in [2.45, 2.75) is 83.0 Å². The van der Waals surface area contributed by atoms with E-state index in [1.165, 1.54) is 58.0 Å². The highest BCUT2D eigenvalue weighted by atomic mass is 16.5. The van der Waals surface area contributed by atoms with Crippen LogP contribution in [0.1, 0.15) is 58.8 Å². The molecule has 3 fully saturated rings. The Labute approximate surface area is 124 Å². The van der Waals surface area contributed by atoms with E-state index in [1.807, 2.05) is 0 Å². The molecule has 3 aliphatic rings. The van der Waals surface area contributed by atoms with Crippen molar-refractivity contribution in [1.82, 2.24) is 10.2 Å². The van der Waals surface area contributed by atoms with Crippen molar-refractivity contribution >= 4 is 0 Å². The molecule has 0 radical (unpaired) electrons. The monoisotopic (exact) mass is 280 g/mol. The van der Waals surface area contributed by atoms with Crippen LogP contribution in [0.25, 0.3) is 0 Å². The van der Waals surface area contributed by atoms with E-state index in [-0.39, 0.29) is 0 Å². The first-order valence-electron chi connectivity index (χ1n) is 8.90. The average molecular weight is 280 g/mol. The number of nitrogens with one attached hydrogen (secondary N) is 1. The molecule has 4 unspecified atom stereocenters. The summed E-state index contributed by atoms with van der Waals surface area (Å²) in [7, 11) is 0. The topological polar surface area (TPSA) is 24.5 Å². The van der Waals surface area contributed by atoms with Gasteiger partial charge in [-0.25, -0.2) is 0 Å². The molecule has 1 aliphatic carbocycles. The maximum atomic E-state index is 5.83. The first-order valence-corrected chi connectivity index (χ1v) is 8.90. The first-order chi connectivity index (χ1) is 9.79. The van der Waals surface area contributed by atoms with Crippen LogP contribution < -0.4 is 5.32 Å². The summed E-state index contributed by atoms with van der Waals surface area (Å²) in [6.07, 6.45) is 10.2. The van der Waals surface area contributed by atoms with E-state index in [2.05, 4.69) is 24.1 Å². The van der Waals surface area contributed by atoms with Gasteiger partial charge in [0.25, 0.3) is 0 Å². The van der Waals surface area contributed by atoms with Crippen molar-refractivity contribution in [3.8, 4) is 0 Å². The zero-order valence-electron chi connectivity index (χ0n) is 13.3. The van der Waals surface area contributed by atoms with Crippen molar-refractivity contribution in [1.29, 1.82) is 0 Å². The molecule has 20 heavy (non-hydrogen) atoms. The van der Waals surface area contributed by atoms with Gasteiger partial charge in [-0.05, 0) is 38.5 Å². The summed E-state index contributed by atoms with van der Waals surface area (Å²) in [5, 5.41) is 3.88. The number of hydrogen-bond acceptors (Lipinski definition) is 3. The Morgan fingerprint density at radius 2 is 1.95 bits per heavy atom. The lowest BCUT2D eigenvalue weighted by atomic mass is 9.82. The second-order valence-electron chi connectivity index (χ2n) is 7.10. The third-order valence-electron chi connectivity index (χ3n) is 5.94. The third kappa shape index (κ3) is 3.05. The standard InChI is InChI=1S/C17H32N2O/c1-3-15-11-18-16(14-7-5-4-6-8-14)12-19(15)17-9-10-20-13(17)2/h13-18H,3-12H2,1-2H3. The Hall–Kier alpha value is -0.120. The molecule has 3 heteroatoms. The van der Waals surface area contributed by atoms with Crippen LogP contribution in [0.3, 0.4) is 0 Å². The second-order valence-corrected chi connectivity index (χ2v) is 7.10. The van der Waals surface area contributed by atoms with Crippen molar-refractivity contribution in [2.24, 2.45) is 5.92 Å². The van der Waals surface area contributed by atoms with Gasteiger partial charge in [-0.2, -0.15) is 0 Å². The fourth-order valence-electron chi connectivity index (χ4n) is 4.64. The molecule has 0 spiro atoms. The highest BCUT2D eigenvalue weighted by Crippen LogP contribution is 2.31. The number of hydrogen-bond donors (Lipinski definition) is 1. The van der Waals surface area contributed by atoms with Crippen LogP contribution in [0.15, 0.2) is 0 Å². The Balaban J connectivity index is 1.65. The van der Waals surface area contributed by atoms with E-state index in [4.69, 9.17) is 4.74 Å². The summed E-state index contributed by atoms with van der Waals surface area (Å²) in [6.45, 7) is 7.99. The summed E-state index contributed by atoms with van der Waals surface area (Å²) >= 11 is 0. The maximum absolute atomic E-state index is 5.83. The largest absolute Gasteiger partial charge is 0.377 e. The summed E-state index contributed by atoms with van der Waals surface area (Å²) in [4.78, 5) is 2.80. The molecule has 2 heterocycles. The predicted octanol–water partition coefficient (Wildman–Crippen LogP) is 2.80. The fraction of sp³-hybridized carbons (Fsp3) is 1.00. The van der Waals surface area contributed by atoms with E-state index >= 15 is 0 Å². The SMILES string of the molecule is CCC1CNC(C2CCCCC2)CN1C1CCOC1C. The third-order valence-corrected chi connectivity index (χ3v) is 5.94. The Morgan fingerprint density at radius 1 is 1.15 bits per heavy atom. The molecule has 1 saturated carbocycles. The minimum absolute atomic E-state index is 0.425. The normalized spacial score (nSPS) is 41.1. The van der Waals surface area contributed by atoms with E-state index in [0.717, 1.165) is 18.6 Å². The highest BCUT2D eigenvalue weighted by molar-refractivity contribution is 4.95. The fourth-order valence-corrected chi connectivity index (χ4v) is 4.64. The molecule has 3 rings (SSSR count). The van der Waals surface area contributed by atoms with Crippen molar-refractivity contribution in [3.05, 3.63) is 0 Å². The molecule has 0 aromatic rings. The first kappa shape index (κ1) is 14.8. The van der Waals surface area contributed by atoms with Gasteiger partial charge >= 0.3 is 0 Å². The van der Waals surface area contributed by atoms with Crippen molar-refractivity contribution in [2.75, 3.05) is 19.7 Å². The molecule has 0 aromatic carbocycles. The van der Waals surface area contributed by atoms with Crippen LogP contribution in [-0.4, -0.2) is 48.8 Å². The Morgan fingerprint density at radius 3 is 2.60 bits per heavy atom. The van der Waals surface area contributed by atoms with Crippen LogP contribution in [0, 0.1) is 5.92 Å².